The van der Waals surface area contributed by atoms with Crippen LogP contribution in [0, 0.1) is 11.8 Å². The van der Waals surface area contributed by atoms with E-state index in [1.54, 1.807) is 24.3 Å². The van der Waals surface area contributed by atoms with Gasteiger partial charge in [0.15, 0.2) is 5.78 Å². The van der Waals surface area contributed by atoms with Crippen LogP contribution >= 0.6 is 0 Å². The van der Waals surface area contributed by atoms with Gasteiger partial charge >= 0.3 is 0 Å². The van der Waals surface area contributed by atoms with E-state index in [9.17, 15) is 9.59 Å². The molecule has 4 nitrogen and oxygen atoms in total. The zero-order valence-corrected chi connectivity index (χ0v) is 13.1. The van der Waals surface area contributed by atoms with E-state index in [1.807, 2.05) is 0 Å². The molecule has 1 fully saturated rings. The number of Topliss-reactive ketones (excluding diaryl/α,β-unsaturated/α-hetero) is 1. The first-order valence-corrected chi connectivity index (χ1v) is 7.57. The van der Waals surface area contributed by atoms with Gasteiger partial charge in [0, 0.05) is 24.3 Å². The highest BCUT2D eigenvalue weighted by Gasteiger charge is 2.23. The topological polar surface area (TPSA) is 49.4 Å². The van der Waals surface area contributed by atoms with Gasteiger partial charge in [0.1, 0.15) is 0 Å². The molecule has 0 radical (unpaired) electrons. The van der Waals surface area contributed by atoms with E-state index in [0.29, 0.717) is 23.9 Å². The standard InChI is InChI=1S/C17H24N2O2/c1-12-8-13(2)10-19(9-12)11-17(21)18-16-6-4-15(5-7-16)14(3)20/h4-7,12-13H,8-11H2,1-3H3,(H,18,21). The quantitative estimate of drug-likeness (QED) is 0.867. The summed E-state index contributed by atoms with van der Waals surface area (Å²) in [6, 6.07) is 7.03. The Morgan fingerprint density at radius 3 is 2.24 bits per heavy atom. The Kier molecular flexibility index (Phi) is 5.12. The summed E-state index contributed by atoms with van der Waals surface area (Å²) in [6.07, 6.45) is 1.24. The molecule has 1 N–H and O–H groups in total. The molecule has 1 aliphatic heterocycles. The van der Waals surface area contributed by atoms with E-state index in [4.69, 9.17) is 0 Å². The lowest BCUT2D eigenvalue weighted by Crippen LogP contribution is -2.42. The molecule has 1 aromatic carbocycles. The van der Waals surface area contributed by atoms with Crippen LogP contribution < -0.4 is 5.32 Å². The molecule has 2 rings (SSSR count). The normalized spacial score (nSPS) is 22.8. The zero-order valence-electron chi connectivity index (χ0n) is 13.1. The number of anilines is 1. The second-order valence-corrected chi connectivity index (χ2v) is 6.32. The number of carbonyl (C=O) groups excluding carboxylic acids is 2. The molecule has 0 aromatic heterocycles. The van der Waals surface area contributed by atoms with Gasteiger partial charge in [-0.15, -0.1) is 0 Å². The van der Waals surface area contributed by atoms with E-state index < -0.39 is 0 Å². The predicted molar refractivity (Wildman–Crippen MR) is 84.5 cm³/mol. The lowest BCUT2D eigenvalue weighted by Gasteiger charge is -2.34. The Morgan fingerprint density at radius 1 is 1.14 bits per heavy atom. The maximum atomic E-state index is 12.1. The number of piperidine rings is 1. The second kappa shape index (κ2) is 6.85. The lowest BCUT2D eigenvalue weighted by molar-refractivity contribution is -0.117. The Bertz CT molecular complexity index is 500. The minimum atomic E-state index is 0.00637. The van der Waals surface area contributed by atoms with Crippen LogP contribution in [-0.2, 0) is 4.79 Å². The van der Waals surface area contributed by atoms with Gasteiger partial charge in [0.05, 0.1) is 6.54 Å². The van der Waals surface area contributed by atoms with Crippen LogP contribution in [0.4, 0.5) is 5.69 Å². The van der Waals surface area contributed by atoms with Crippen molar-refractivity contribution in [3.05, 3.63) is 29.8 Å². The van der Waals surface area contributed by atoms with Gasteiger partial charge in [-0.1, -0.05) is 13.8 Å². The second-order valence-electron chi connectivity index (χ2n) is 6.32. The molecule has 0 saturated carbocycles. The maximum Gasteiger partial charge on any atom is 0.238 e. The van der Waals surface area contributed by atoms with Crippen molar-refractivity contribution in [1.82, 2.24) is 4.90 Å². The van der Waals surface area contributed by atoms with E-state index in [1.165, 1.54) is 13.3 Å². The van der Waals surface area contributed by atoms with Crippen LogP contribution in [0.2, 0.25) is 0 Å². The zero-order chi connectivity index (χ0) is 15.4. The Labute approximate surface area is 126 Å². The van der Waals surface area contributed by atoms with Crippen molar-refractivity contribution in [1.29, 1.82) is 0 Å². The Morgan fingerprint density at radius 2 is 1.71 bits per heavy atom. The third-order valence-corrected chi connectivity index (χ3v) is 3.89. The minimum absolute atomic E-state index is 0.00637. The number of nitrogens with zero attached hydrogens (tertiary/aromatic N) is 1. The highest BCUT2D eigenvalue weighted by atomic mass is 16.2. The number of carbonyl (C=O) groups is 2. The molecule has 1 heterocycles. The fourth-order valence-electron chi connectivity index (χ4n) is 3.11. The van der Waals surface area contributed by atoms with Crippen molar-refractivity contribution < 1.29 is 9.59 Å². The molecule has 1 aliphatic rings. The highest BCUT2D eigenvalue weighted by molar-refractivity contribution is 5.96. The van der Waals surface area contributed by atoms with Crippen molar-refractivity contribution in [3.63, 3.8) is 0 Å². The SMILES string of the molecule is CC(=O)c1ccc(NC(=O)CN2CC(C)CC(C)C2)cc1. The third kappa shape index (κ3) is 4.67. The first-order chi connectivity index (χ1) is 9.94. The number of ketones is 1. The van der Waals surface area contributed by atoms with Crippen molar-refractivity contribution >= 4 is 17.4 Å². The van der Waals surface area contributed by atoms with Gasteiger partial charge in [-0.05, 0) is 49.4 Å². The van der Waals surface area contributed by atoms with Gasteiger partial charge in [-0.2, -0.15) is 0 Å². The van der Waals surface area contributed by atoms with Gasteiger partial charge in [-0.3, -0.25) is 14.5 Å². The van der Waals surface area contributed by atoms with Crippen LogP contribution in [-0.4, -0.2) is 36.2 Å². The number of nitrogens with one attached hydrogen (secondary N) is 1. The first kappa shape index (κ1) is 15.7. The summed E-state index contributed by atoms with van der Waals surface area (Å²) in [5.74, 6) is 1.34. The average molecular weight is 288 g/mol. The van der Waals surface area contributed by atoms with Crippen molar-refractivity contribution in [2.75, 3.05) is 25.0 Å². The summed E-state index contributed by atoms with van der Waals surface area (Å²) in [4.78, 5) is 25.5. The Hall–Kier alpha value is -1.68. The summed E-state index contributed by atoms with van der Waals surface area (Å²) in [6.45, 7) is 8.42. The molecular formula is C17H24N2O2. The largest absolute Gasteiger partial charge is 0.325 e. The first-order valence-electron chi connectivity index (χ1n) is 7.57. The van der Waals surface area contributed by atoms with Crippen LogP contribution in [0.5, 0.6) is 0 Å². The molecule has 4 heteroatoms. The molecule has 1 amide bonds. The Balaban J connectivity index is 1.88. The van der Waals surface area contributed by atoms with Crippen LogP contribution in [0.3, 0.4) is 0 Å². The molecule has 1 aromatic rings. The van der Waals surface area contributed by atoms with Gasteiger partial charge in [0.25, 0.3) is 0 Å². The molecule has 2 unspecified atom stereocenters. The molecule has 114 valence electrons. The van der Waals surface area contributed by atoms with Crippen LogP contribution in [0.25, 0.3) is 0 Å². The third-order valence-electron chi connectivity index (χ3n) is 3.89. The summed E-state index contributed by atoms with van der Waals surface area (Å²) >= 11 is 0. The molecule has 1 saturated heterocycles. The van der Waals surface area contributed by atoms with E-state index in [-0.39, 0.29) is 11.7 Å². The van der Waals surface area contributed by atoms with Crippen LogP contribution in [0.1, 0.15) is 37.6 Å². The molecule has 0 spiro atoms. The summed E-state index contributed by atoms with van der Waals surface area (Å²) in [5.41, 5.74) is 1.40. The number of benzene rings is 1. The monoisotopic (exact) mass is 288 g/mol. The van der Waals surface area contributed by atoms with Crippen molar-refractivity contribution in [2.24, 2.45) is 11.8 Å². The predicted octanol–water partition coefficient (Wildman–Crippen LogP) is 2.81. The smallest absolute Gasteiger partial charge is 0.238 e. The van der Waals surface area contributed by atoms with E-state index in [0.717, 1.165) is 18.8 Å². The van der Waals surface area contributed by atoms with Crippen LogP contribution in [0.15, 0.2) is 24.3 Å². The number of hydrogen-bond donors (Lipinski definition) is 1. The fourth-order valence-corrected chi connectivity index (χ4v) is 3.11. The van der Waals surface area contributed by atoms with E-state index in [2.05, 4.69) is 24.1 Å². The summed E-state index contributed by atoms with van der Waals surface area (Å²) in [5, 5.41) is 2.89. The summed E-state index contributed by atoms with van der Waals surface area (Å²) < 4.78 is 0. The maximum absolute atomic E-state index is 12.1. The van der Waals surface area contributed by atoms with Gasteiger partial charge in [0.2, 0.25) is 5.91 Å². The lowest BCUT2D eigenvalue weighted by atomic mass is 9.92. The number of hydrogen-bond acceptors (Lipinski definition) is 3. The summed E-state index contributed by atoms with van der Waals surface area (Å²) in [7, 11) is 0. The number of likely N-dealkylation sites (tertiary alicyclic amines) is 1. The average Bonchev–Trinajstić information content (AvgIpc) is 2.37. The van der Waals surface area contributed by atoms with Crippen molar-refractivity contribution in [3.8, 4) is 0 Å². The molecule has 0 aliphatic carbocycles. The molecule has 2 atom stereocenters. The molecular weight excluding hydrogens is 264 g/mol. The van der Waals surface area contributed by atoms with E-state index >= 15 is 0 Å². The van der Waals surface area contributed by atoms with Gasteiger partial charge in [-0.25, -0.2) is 0 Å². The van der Waals surface area contributed by atoms with Gasteiger partial charge < -0.3 is 5.32 Å². The highest BCUT2D eigenvalue weighted by Crippen LogP contribution is 2.20. The molecule has 0 bridgehead atoms. The minimum Gasteiger partial charge on any atom is -0.325 e. The molecule has 21 heavy (non-hydrogen) atoms. The fraction of sp³-hybridized carbons (Fsp3) is 0.529. The van der Waals surface area contributed by atoms with Crippen molar-refractivity contribution in [2.45, 2.75) is 27.2 Å². The number of amides is 1. The number of rotatable bonds is 4.